The molecule has 760 valence electrons. The van der Waals surface area contributed by atoms with Gasteiger partial charge in [0.15, 0.2) is 42.3 Å². The Morgan fingerprint density at radius 1 is 0.364 bits per heavy atom. The molecule has 16 aromatic rings. The van der Waals surface area contributed by atoms with E-state index in [0.29, 0.717) is 100 Å². The average molecular weight is 2300 g/mol. The molecule has 23 rings (SSSR count). The van der Waals surface area contributed by atoms with Crippen molar-refractivity contribution in [2.24, 2.45) is 0 Å². The number of hydrogen-bond donors (Lipinski definition) is 8. The van der Waals surface area contributed by atoms with E-state index in [2.05, 4.69) is 124 Å². The van der Waals surface area contributed by atoms with E-state index in [0.717, 1.165) is 66.6 Å². The molecule has 4 aromatic carbocycles. The Labute approximate surface area is 876 Å². The minimum absolute atomic E-state index is 0. The van der Waals surface area contributed by atoms with Crippen LogP contribution in [0.1, 0.15) is 131 Å². The van der Waals surface area contributed by atoms with Gasteiger partial charge in [0.1, 0.15) is 206 Å². The van der Waals surface area contributed by atoms with Crippen LogP contribution in [0.25, 0.3) is 87.7 Å². The first-order valence-corrected chi connectivity index (χ1v) is 47.9. The molecule has 0 radical (unpaired) electrons. The Balaban J connectivity index is 0.000000145. The third-order valence-electron chi connectivity index (χ3n) is 25.2. The number of hydrogen-bond acceptors (Lipinski definition) is 33. The number of rotatable bonds is 14. The van der Waals surface area contributed by atoms with Crippen LogP contribution in [0.4, 0.5) is 23.3 Å². The Kier molecular flexibility index (Phi) is 31.7. The summed E-state index contributed by atoms with van der Waals surface area (Å²) < 4.78 is 91.1. The van der Waals surface area contributed by atoms with Gasteiger partial charge in [0.05, 0.1) is 68.1 Å². The molecule has 0 aliphatic carbocycles. The highest BCUT2D eigenvalue weighted by molar-refractivity contribution is 9.11. The number of nitrogens with zero attached hydrogens (tertiary/aromatic N) is 16. The van der Waals surface area contributed by atoms with Crippen LogP contribution < -0.4 is 37.1 Å². The number of pyridine rings is 4. The summed E-state index contributed by atoms with van der Waals surface area (Å²) in [5, 5.41) is 48.9. The third-order valence-corrected chi connectivity index (χ3v) is 29.3. The van der Waals surface area contributed by atoms with Gasteiger partial charge in [-0.1, -0.05) is 83.5 Å². The second-order valence-corrected chi connectivity index (χ2v) is 40.7. The monoisotopic (exact) mass is 2290 g/mol. The fourth-order valence-electron chi connectivity index (χ4n) is 18.5. The second-order valence-electron chi connectivity index (χ2n) is 35.9. The molecule has 7 aliphatic heterocycles. The number of anilines is 4. The molecule has 7 fully saturated rings. The Hall–Kier alpha value is -10.0. The number of phenolic OH excluding ortho intramolecular Hbond substituents is 1. The lowest BCUT2D eigenvalue weighted by Gasteiger charge is -2.29. The minimum atomic E-state index is -1.57. The van der Waals surface area contributed by atoms with E-state index in [4.69, 9.17) is 131 Å². The van der Waals surface area contributed by atoms with Gasteiger partial charge in [0.2, 0.25) is 0 Å². The number of halogens is 8. The maximum Gasteiger partial charge on any atom is 0.165 e. The second kappa shape index (κ2) is 41.7. The van der Waals surface area contributed by atoms with Crippen LogP contribution in [0.15, 0.2) is 189 Å². The number of phenols is 1. The van der Waals surface area contributed by atoms with Gasteiger partial charge in [-0.05, 0) is 230 Å². The predicted molar refractivity (Wildman–Crippen MR) is 562 cm³/mol. The maximum atomic E-state index is 11.0. The third kappa shape index (κ3) is 20.7. The van der Waals surface area contributed by atoms with Gasteiger partial charge in [0.25, 0.3) is 0 Å². The number of aromatic hydroxyl groups is 1. The SMILES string of the molecule is C.C.C.C.C.CC1(C)O[C@H]2[C@H](n3ccc4c(Cl)ncnc43)O[C@H](CO)[C@@]2(C)O1.CC1(C)O[C@H]2[C@H](n3ccc4c(Cl)ncnc43)O[C@H](COc3ccc4cc(Br)c(Cl)nc4c3)[C@@]2(C)O1.CC1(C)O[C@H]2[C@H](n3ccc4c(N)ncnc43)O[C@H](COc3ccc4cc(Br)c(N)nc4c3)[C@@]2(C)O1.C[C@@]1(O)[C@@H](COc2ccc3cc(Br)c(N)nc3c2)O[C@@H](n2ccc3c(N)ncnc32)[C@@H]1O.Oc1ccc2cc(Br)c(Cl)nc2c1. The van der Waals surface area contributed by atoms with E-state index in [1.165, 1.54) is 32.2 Å². The smallest absolute Gasteiger partial charge is 0.165 e. The molecule has 143 heavy (non-hydrogen) atoms. The standard InChI is InChI=1S/C24H21BrCl2N4O4.C24H25BrN6O4.C21H21BrN6O4.C15H18ClN3O4.C9H5BrClNO.5CH4/c2*1-23(2)34-18-22(31-7-6-14-19(26)28-11-29-21(14)31)33-17(24(18,3)35-23)10-32-13-5-4-12-8-15(25)20(27)30-16(12)9-13;1-21(30)15(8-31-11-3-2-10-6-13(22)18(24)27-14(10)7-11)32-20(16(21)29)28-5-4-12-17(23)25-9-26-19(12)28;1-14(2)22-10-13(21-9(6-20)15(10,3)23-14)19-5-4-8-11(16)17-7-18-12(8)19;10-7-3-5-1-2-6(13)4-8(5)12-9(7)11;;;;;/h4-9,11,17-18,22H,10H2,1-3H3;4-9,11,17-18,22H,10H2,1-3H3,(H2,27,30)(H2,26,28,29);2-7,9,15-16,20,29-30H,8H2,1H3,(H2,24,27)(H2,23,25,26);4-5,7,9-10,13,20H,6H2,1-3H3;1-4,13H;5*1H4/t2*17-,18+,22-,24-;15-,16+,20-,21-;9-,10+,13-,15-;;;;;;/m1111....../s1. The number of ether oxygens (including phenoxy) is 13. The minimum Gasteiger partial charge on any atom is -0.508 e. The summed E-state index contributed by atoms with van der Waals surface area (Å²) >= 11 is 37.8. The zero-order chi connectivity index (χ0) is 97.5. The normalized spacial score (nSPS) is 25.9. The molecule has 12 aromatic heterocycles. The number of aliphatic hydroxyl groups excluding tert-OH is 2. The lowest BCUT2D eigenvalue weighted by atomic mass is 9.95. The summed E-state index contributed by atoms with van der Waals surface area (Å²) in [6, 6.07) is 36.7. The molecule has 0 saturated carbocycles. The number of fused-ring (bicyclic) bond motifs is 11. The van der Waals surface area contributed by atoms with Crippen molar-refractivity contribution in [3.8, 4) is 23.0 Å². The highest BCUT2D eigenvalue weighted by Crippen LogP contribution is 2.55. The Bertz CT molecular complexity index is 7210. The van der Waals surface area contributed by atoms with Gasteiger partial charge in [-0.25, -0.2) is 59.8 Å². The van der Waals surface area contributed by atoms with E-state index in [1.807, 2.05) is 180 Å². The van der Waals surface area contributed by atoms with Gasteiger partial charge in [-0.15, -0.1) is 0 Å². The number of nitrogens with two attached hydrogens (primary N) is 4. The fourth-order valence-corrected chi connectivity index (χ4v) is 20.5. The zero-order valence-corrected chi connectivity index (χ0v) is 84.4. The number of aromatic nitrogens is 16. The first-order valence-electron chi connectivity index (χ1n) is 43.2. The van der Waals surface area contributed by atoms with Gasteiger partial charge in [-0.3, -0.25) is 0 Å². The van der Waals surface area contributed by atoms with E-state index in [-0.39, 0.29) is 75.4 Å². The molecule has 0 spiro atoms. The molecular weight excluding hydrogens is 2190 g/mol. The molecule has 0 bridgehead atoms. The molecule has 37 nitrogen and oxygen atoms in total. The molecule has 12 N–H and O–H groups in total. The van der Waals surface area contributed by atoms with Gasteiger partial charge in [-0.2, -0.15) is 0 Å². The lowest BCUT2D eigenvalue weighted by Crippen LogP contribution is -2.47. The summed E-state index contributed by atoms with van der Waals surface area (Å²) in [4.78, 5) is 50.8. The van der Waals surface area contributed by atoms with Crippen molar-refractivity contribution in [1.29, 1.82) is 0 Å². The average Bonchev–Trinajstić information content (AvgIpc) is 1.53. The van der Waals surface area contributed by atoms with E-state index in [9.17, 15) is 20.4 Å². The topological polar surface area (TPSA) is 479 Å². The zero-order valence-electron chi connectivity index (χ0n) is 75.0. The molecule has 45 heteroatoms. The molecule has 7 aliphatic rings. The molecule has 7 saturated heterocycles. The van der Waals surface area contributed by atoms with Crippen molar-refractivity contribution >= 4 is 221 Å². The maximum absolute atomic E-state index is 11.0. The van der Waals surface area contributed by atoms with Crippen molar-refractivity contribution < 1.29 is 82.0 Å². The summed E-state index contributed by atoms with van der Waals surface area (Å²) in [6.45, 7) is 19.1. The van der Waals surface area contributed by atoms with Crippen LogP contribution in [-0.4, -0.2) is 214 Å². The van der Waals surface area contributed by atoms with Crippen molar-refractivity contribution in [1.82, 2.24) is 78.1 Å². The largest absolute Gasteiger partial charge is 0.508 e. The summed E-state index contributed by atoms with van der Waals surface area (Å²) in [5.74, 6) is 1.27. The van der Waals surface area contributed by atoms with E-state index < -0.39 is 107 Å². The number of nitrogen functional groups attached to an aromatic ring is 4. The number of benzene rings is 4. The van der Waals surface area contributed by atoms with Crippen LogP contribution >= 0.6 is 110 Å². The molecule has 0 amide bonds. The Morgan fingerprint density at radius 2 is 0.671 bits per heavy atom. The van der Waals surface area contributed by atoms with Gasteiger partial charge >= 0.3 is 0 Å². The molecule has 0 unspecified atom stereocenters. The summed E-state index contributed by atoms with van der Waals surface area (Å²) in [5.41, 5.74) is 25.3. The van der Waals surface area contributed by atoms with E-state index in [1.54, 1.807) is 47.2 Å². The van der Waals surface area contributed by atoms with Crippen molar-refractivity contribution in [3.05, 3.63) is 210 Å². The van der Waals surface area contributed by atoms with Crippen LogP contribution in [-0.2, 0) is 47.4 Å². The van der Waals surface area contributed by atoms with Crippen LogP contribution in [0.5, 0.6) is 23.0 Å². The molecule has 16 atom stereocenters. The van der Waals surface area contributed by atoms with Crippen molar-refractivity contribution in [3.63, 3.8) is 0 Å². The van der Waals surface area contributed by atoms with E-state index >= 15 is 0 Å². The van der Waals surface area contributed by atoms with Gasteiger partial charge in [0, 0.05) is 70.6 Å². The van der Waals surface area contributed by atoms with Crippen molar-refractivity contribution in [2.45, 2.75) is 220 Å². The summed E-state index contributed by atoms with van der Waals surface area (Å²) in [7, 11) is 0. The lowest BCUT2D eigenvalue weighted by molar-refractivity contribution is -0.214. The predicted octanol–water partition coefficient (Wildman–Crippen LogP) is 20.1. The van der Waals surface area contributed by atoms with Crippen LogP contribution in [0.3, 0.4) is 0 Å². The first kappa shape index (κ1) is 109. The quantitative estimate of drug-likeness (QED) is 0.0370. The fraction of sp³-hybridized carbons (Fsp3) is 0.388. The Morgan fingerprint density at radius 3 is 1.06 bits per heavy atom. The highest BCUT2D eigenvalue weighted by atomic mass is 79.9. The van der Waals surface area contributed by atoms with Crippen LogP contribution in [0.2, 0.25) is 20.6 Å². The highest BCUT2D eigenvalue weighted by Gasteiger charge is 2.67. The number of aliphatic hydroxyl groups is 3. The van der Waals surface area contributed by atoms with Gasteiger partial charge < -0.3 is 123 Å². The molecular formula is C98H110Br4Cl4N20O17. The molecule has 19 heterocycles. The van der Waals surface area contributed by atoms with Crippen LogP contribution in [0, 0.1) is 0 Å². The first-order chi connectivity index (χ1) is 65.6. The summed E-state index contributed by atoms with van der Waals surface area (Å²) in [6.07, 6.45) is 6.06. The van der Waals surface area contributed by atoms with Crippen molar-refractivity contribution in [2.75, 3.05) is 49.4 Å².